The molecule has 4 N–H and O–H groups in total. The van der Waals surface area contributed by atoms with Crippen LogP contribution in [-0.4, -0.2) is 32.0 Å². The highest BCUT2D eigenvalue weighted by molar-refractivity contribution is 7.89. The maximum Gasteiger partial charge on any atom is 0.253 e. The molecule has 1 amide bonds. The summed E-state index contributed by atoms with van der Waals surface area (Å²) in [6.07, 6.45) is 4.20. The van der Waals surface area contributed by atoms with E-state index in [1.807, 2.05) is 4.72 Å². The first kappa shape index (κ1) is 19.5. The van der Waals surface area contributed by atoms with Gasteiger partial charge < -0.3 is 5.32 Å². The molecule has 1 aromatic carbocycles. The minimum Gasteiger partial charge on any atom is -0.359 e. The second-order valence-corrected chi connectivity index (χ2v) is 7.62. The zero-order chi connectivity index (χ0) is 18.4. The lowest BCUT2D eigenvalue weighted by atomic mass is 10.3. The molecule has 0 saturated heterocycles. The zero-order valence-electron chi connectivity index (χ0n) is 13.1. The highest BCUT2D eigenvalue weighted by Gasteiger charge is 2.24. The summed E-state index contributed by atoms with van der Waals surface area (Å²) in [6, 6.07) is 2.91. The highest BCUT2D eigenvalue weighted by atomic mass is 32.2. The van der Waals surface area contributed by atoms with Crippen molar-refractivity contribution < 1.29 is 22.0 Å². The number of rotatable bonds is 5. The molecule has 1 fully saturated rings. The smallest absolute Gasteiger partial charge is 0.253 e. The molecule has 0 aliphatic heterocycles. The topological polar surface area (TPSA) is 99.3 Å². The first-order valence-corrected chi connectivity index (χ1v) is 9.48. The van der Waals surface area contributed by atoms with Crippen molar-refractivity contribution in [3.8, 4) is 0 Å². The average Bonchev–Trinajstić information content (AvgIpc) is 3.03. The molecule has 138 valence electrons. The van der Waals surface area contributed by atoms with Crippen molar-refractivity contribution in [2.75, 3.05) is 6.54 Å². The van der Waals surface area contributed by atoms with E-state index >= 15 is 0 Å². The van der Waals surface area contributed by atoms with Gasteiger partial charge in [-0.3, -0.25) is 15.6 Å². The predicted octanol–water partition coefficient (Wildman–Crippen LogP) is 0.681. The van der Waals surface area contributed by atoms with Gasteiger partial charge in [0.25, 0.3) is 5.91 Å². The molecule has 1 aliphatic carbocycles. The van der Waals surface area contributed by atoms with Crippen molar-refractivity contribution in [2.45, 2.75) is 36.6 Å². The Kier molecular flexibility index (Phi) is 6.62. The molecule has 11 heteroatoms. The molecule has 0 atom stereocenters. The second kappa shape index (κ2) is 8.50. The molecule has 7 nitrogen and oxygen atoms in total. The summed E-state index contributed by atoms with van der Waals surface area (Å²) in [6.45, 7) is -0.713. The highest BCUT2D eigenvalue weighted by Crippen LogP contribution is 2.18. The third-order valence-electron chi connectivity index (χ3n) is 3.62. The quantitative estimate of drug-likeness (QED) is 0.435. The number of hydrogen-bond donors (Lipinski definition) is 4. The van der Waals surface area contributed by atoms with Gasteiger partial charge in [-0.2, -0.15) is 0 Å². The number of thiocarbonyl (C=S) groups is 1. The molecule has 2 rings (SSSR count). The van der Waals surface area contributed by atoms with Crippen LogP contribution in [0.5, 0.6) is 0 Å². The van der Waals surface area contributed by atoms with Gasteiger partial charge in [-0.1, -0.05) is 18.9 Å². The van der Waals surface area contributed by atoms with E-state index in [1.54, 1.807) is 0 Å². The van der Waals surface area contributed by atoms with Crippen molar-refractivity contribution in [1.82, 2.24) is 20.9 Å². The van der Waals surface area contributed by atoms with Crippen molar-refractivity contribution in [3.05, 3.63) is 29.8 Å². The van der Waals surface area contributed by atoms with Crippen LogP contribution in [0.4, 0.5) is 8.78 Å². The van der Waals surface area contributed by atoms with Gasteiger partial charge in [0.1, 0.15) is 11.6 Å². The number of nitrogens with one attached hydrogen (secondary N) is 4. The summed E-state index contributed by atoms with van der Waals surface area (Å²) in [5.74, 6) is -3.25. The SMILES string of the molecule is O=C(CNS(=O)(=O)c1c(F)cccc1F)NNC(=S)NC1CCCC1. The Hall–Kier alpha value is -1.85. The molecule has 0 heterocycles. The fourth-order valence-corrected chi connectivity index (χ4v) is 3.77. The van der Waals surface area contributed by atoms with Gasteiger partial charge in [-0.05, 0) is 37.2 Å². The molecule has 0 spiro atoms. The average molecular weight is 392 g/mol. The van der Waals surface area contributed by atoms with Gasteiger partial charge in [0.15, 0.2) is 10.0 Å². The largest absolute Gasteiger partial charge is 0.359 e. The first-order valence-electron chi connectivity index (χ1n) is 7.58. The molecule has 25 heavy (non-hydrogen) atoms. The summed E-state index contributed by atoms with van der Waals surface area (Å²) >= 11 is 5.00. The van der Waals surface area contributed by atoms with Crippen molar-refractivity contribution >= 4 is 33.3 Å². The maximum absolute atomic E-state index is 13.5. The fraction of sp³-hybridized carbons (Fsp3) is 0.429. The number of benzene rings is 1. The zero-order valence-corrected chi connectivity index (χ0v) is 14.8. The Labute approximate surface area is 149 Å². The van der Waals surface area contributed by atoms with E-state index in [1.165, 1.54) is 0 Å². The molecule has 0 aromatic heterocycles. The van der Waals surface area contributed by atoms with E-state index in [0.29, 0.717) is 0 Å². The van der Waals surface area contributed by atoms with Crippen LogP contribution >= 0.6 is 12.2 Å². The maximum atomic E-state index is 13.5. The molecule has 0 bridgehead atoms. The number of hydrogen-bond acceptors (Lipinski definition) is 4. The Morgan fingerprint density at radius 2 is 1.76 bits per heavy atom. The first-order chi connectivity index (χ1) is 11.8. The molecule has 0 unspecified atom stereocenters. The van der Waals surface area contributed by atoms with E-state index in [9.17, 15) is 22.0 Å². The molecular formula is C14H18F2N4O3S2. The molecule has 1 saturated carbocycles. The summed E-state index contributed by atoms with van der Waals surface area (Å²) in [4.78, 5) is 10.5. The molecule has 1 aromatic rings. The fourth-order valence-electron chi connectivity index (χ4n) is 2.43. The van der Waals surface area contributed by atoms with Crippen LogP contribution in [0.3, 0.4) is 0 Å². The molecule has 0 radical (unpaired) electrons. The van der Waals surface area contributed by atoms with Gasteiger partial charge >= 0.3 is 0 Å². The number of carbonyl (C=O) groups is 1. The number of amides is 1. The number of sulfonamides is 1. The van der Waals surface area contributed by atoms with E-state index in [2.05, 4.69) is 16.2 Å². The van der Waals surface area contributed by atoms with Crippen LogP contribution in [-0.2, 0) is 14.8 Å². The van der Waals surface area contributed by atoms with Crippen LogP contribution in [0.1, 0.15) is 25.7 Å². The minimum absolute atomic E-state index is 0.211. The van der Waals surface area contributed by atoms with Crippen molar-refractivity contribution in [3.63, 3.8) is 0 Å². The van der Waals surface area contributed by atoms with E-state index in [-0.39, 0.29) is 11.2 Å². The minimum atomic E-state index is -4.51. The Bertz CT molecular complexity index is 732. The van der Waals surface area contributed by atoms with Crippen LogP contribution in [0.2, 0.25) is 0 Å². The van der Waals surface area contributed by atoms with Crippen LogP contribution in [0, 0.1) is 11.6 Å². The summed E-state index contributed by atoms with van der Waals surface area (Å²) < 4.78 is 52.7. The van der Waals surface area contributed by atoms with Crippen LogP contribution < -0.4 is 20.9 Å². The van der Waals surface area contributed by atoms with Gasteiger partial charge in [-0.25, -0.2) is 21.9 Å². The third-order valence-corrected chi connectivity index (χ3v) is 5.29. The van der Waals surface area contributed by atoms with Crippen LogP contribution in [0.25, 0.3) is 0 Å². The lowest BCUT2D eigenvalue weighted by molar-refractivity contribution is -0.120. The van der Waals surface area contributed by atoms with Crippen molar-refractivity contribution in [1.29, 1.82) is 0 Å². The lowest BCUT2D eigenvalue weighted by Gasteiger charge is -2.16. The summed E-state index contributed by atoms with van der Waals surface area (Å²) in [5.41, 5.74) is 4.65. The Morgan fingerprint density at radius 3 is 2.36 bits per heavy atom. The van der Waals surface area contributed by atoms with E-state index in [4.69, 9.17) is 12.2 Å². The number of hydrazine groups is 1. The number of carbonyl (C=O) groups excluding carboxylic acids is 1. The van der Waals surface area contributed by atoms with Gasteiger partial charge in [0.2, 0.25) is 10.0 Å². The van der Waals surface area contributed by atoms with Crippen molar-refractivity contribution in [2.24, 2.45) is 0 Å². The standard InChI is InChI=1S/C14H18F2N4O3S2/c15-10-6-3-7-11(16)13(10)25(22,23)17-8-12(21)19-20-14(24)18-9-4-1-2-5-9/h3,6-7,9,17H,1-2,4-5,8H2,(H,19,21)(H2,18,20,24). The second-order valence-electron chi connectivity index (χ2n) is 5.50. The van der Waals surface area contributed by atoms with Gasteiger partial charge in [0, 0.05) is 6.04 Å². The van der Waals surface area contributed by atoms with Crippen LogP contribution in [0.15, 0.2) is 23.1 Å². The van der Waals surface area contributed by atoms with E-state index in [0.717, 1.165) is 43.9 Å². The monoisotopic (exact) mass is 392 g/mol. The van der Waals surface area contributed by atoms with Gasteiger partial charge in [-0.15, -0.1) is 0 Å². The predicted molar refractivity (Wildman–Crippen MR) is 90.8 cm³/mol. The summed E-state index contributed by atoms with van der Waals surface area (Å²) in [5, 5.41) is 3.23. The summed E-state index contributed by atoms with van der Waals surface area (Å²) in [7, 11) is -4.51. The lowest BCUT2D eigenvalue weighted by Crippen LogP contribution is -2.51. The molecule has 1 aliphatic rings. The third kappa shape index (κ3) is 5.58. The Balaban J connectivity index is 1.81. The molecular weight excluding hydrogens is 374 g/mol. The number of halogens is 2. The van der Waals surface area contributed by atoms with E-state index < -0.39 is 39.0 Å². The Morgan fingerprint density at radius 1 is 1.16 bits per heavy atom. The van der Waals surface area contributed by atoms with Gasteiger partial charge in [0.05, 0.1) is 6.54 Å². The normalized spacial score (nSPS) is 15.0.